The average Bonchev–Trinajstić information content (AvgIpc) is 3.01. The maximum atomic E-state index is 12.8. The second kappa shape index (κ2) is 6.68. The van der Waals surface area contributed by atoms with E-state index in [-0.39, 0.29) is 19.0 Å². The van der Waals surface area contributed by atoms with Crippen LogP contribution in [0.4, 0.5) is 13.2 Å². The van der Waals surface area contributed by atoms with Crippen molar-refractivity contribution in [3.63, 3.8) is 0 Å². The van der Waals surface area contributed by atoms with Gasteiger partial charge in [0.25, 0.3) is 5.91 Å². The maximum Gasteiger partial charge on any atom is 0.416 e. The molecule has 7 heteroatoms. The highest BCUT2D eigenvalue weighted by Crippen LogP contribution is 2.32. The van der Waals surface area contributed by atoms with Crippen LogP contribution < -0.4 is 11.1 Å². The summed E-state index contributed by atoms with van der Waals surface area (Å²) >= 11 is 0. The number of carbonyl (C=O) groups excluding carboxylic acids is 1. The molecule has 4 nitrogen and oxygen atoms in total. The number of carbonyl (C=O) groups is 1. The molecule has 0 aliphatic heterocycles. The first-order valence-corrected chi connectivity index (χ1v) is 7.37. The zero-order chi connectivity index (χ0) is 18.0. The number of furan rings is 1. The normalized spacial score (nSPS) is 12.2. The summed E-state index contributed by atoms with van der Waals surface area (Å²) in [6.45, 7) is 3.90. The third-order valence-corrected chi connectivity index (χ3v) is 3.78. The van der Waals surface area contributed by atoms with Crippen molar-refractivity contribution in [2.45, 2.75) is 32.0 Å². The zero-order valence-corrected chi connectivity index (χ0v) is 13.4. The molecular weight excluding hydrogens is 321 g/mol. The van der Waals surface area contributed by atoms with E-state index in [1.165, 1.54) is 18.4 Å². The lowest BCUT2D eigenvalue weighted by Gasteiger charge is -2.26. The number of alkyl halides is 3. The van der Waals surface area contributed by atoms with Crippen molar-refractivity contribution in [3.8, 4) is 0 Å². The Labute approximate surface area is 137 Å². The summed E-state index contributed by atoms with van der Waals surface area (Å²) in [7, 11) is 0. The fourth-order valence-corrected chi connectivity index (χ4v) is 2.23. The number of rotatable bonds is 5. The summed E-state index contributed by atoms with van der Waals surface area (Å²) in [5.74, 6) is 0.121. The monoisotopic (exact) mass is 340 g/mol. The Kier molecular flexibility index (Phi) is 5.03. The minimum Gasteiger partial charge on any atom is -0.467 e. The minimum atomic E-state index is -4.40. The van der Waals surface area contributed by atoms with Gasteiger partial charge in [-0.2, -0.15) is 13.2 Å². The summed E-state index contributed by atoms with van der Waals surface area (Å²) in [5.41, 5.74) is 4.86. The molecule has 0 saturated heterocycles. The molecule has 0 bridgehead atoms. The van der Waals surface area contributed by atoms with Gasteiger partial charge in [0.15, 0.2) is 0 Å². The van der Waals surface area contributed by atoms with Crippen LogP contribution in [-0.4, -0.2) is 12.5 Å². The molecule has 0 fully saturated rings. The van der Waals surface area contributed by atoms with Crippen molar-refractivity contribution < 1.29 is 22.4 Å². The summed E-state index contributed by atoms with van der Waals surface area (Å²) in [5, 5.41) is 2.71. The second-order valence-electron chi connectivity index (χ2n) is 6.15. The number of benzene rings is 1. The average molecular weight is 340 g/mol. The Bertz CT molecular complexity index is 721. The Morgan fingerprint density at radius 2 is 1.88 bits per heavy atom. The van der Waals surface area contributed by atoms with E-state index in [2.05, 4.69) is 5.32 Å². The van der Waals surface area contributed by atoms with Gasteiger partial charge in [-0.3, -0.25) is 4.79 Å². The van der Waals surface area contributed by atoms with Crippen LogP contribution in [0.1, 0.15) is 41.1 Å². The molecule has 1 amide bonds. The topological polar surface area (TPSA) is 68.3 Å². The van der Waals surface area contributed by atoms with Gasteiger partial charge in [-0.15, -0.1) is 0 Å². The van der Waals surface area contributed by atoms with Crippen LogP contribution >= 0.6 is 0 Å². The highest BCUT2D eigenvalue weighted by molar-refractivity contribution is 5.94. The van der Waals surface area contributed by atoms with Crippen molar-refractivity contribution in [2.24, 2.45) is 5.73 Å². The van der Waals surface area contributed by atoms with Crippen molar-refractivity contribution in [1.29, 1.82) is 0 Å². The molecule has 0 saturated carbocycles. The standard InChI is InChI=1S/C17H19F3N2O2/c1-16(2,12-4-3-5-13(7-12)17(18,19)20)10-22-15(23)11-6-14(8-21)24-9-11/h3-7,9H,8,10,21H2,1-2H3,(H,22,23). The molecule has 1 heterocycles. The molecule has 0 atom stereocenters. The second-order valence-corrected chi connectivity index (χ2v) is 6.15. The van der Waals surface area contributed by atoms with Crippen molar-refractivity contribution in [3.05, 3.63) is 59.0 Å². The molecule has 0 radical (unpaired) electrons. The van der Waals surface area contributed by atoms with Crippen LogP contribution in [-0.2, 0) is 18.1 Å². The first-order chi connectivity index (χ1) is 11.1. The quantitative estimate of drug-likeness (QED) is 0.876. The van der Waals surface area contributed by atoms with Gasteiger partial charge in [-0.1, -0.05) is 32.0 Å². The fourth-order valence-electron chi connectivity index (χ4n) is 2.23. The van der Waals surface area contributed by atoms with Gasteiger partial charge in [0.05, 0.1) is 17.7 Å². The van der Waals surface area contributed by atoms with Crippen molar-refractivity contribution >= 4 is 5.91 Å². The molecular formula is C17H19F3N2O2. The van der Waals surface area contributed by atoms with E-state index in [0.29, 0.717) is 16.9 Å². The van der Waals surface area contributed by atoms with Crippen LogP contribution in [0.5, 0.6) is 0 Å². The van der Waals surface area contributed by atoms with Gasteiger partial charge in [0.2, 0.25) is 0 Å². The smallest absolute Gasteiger partial charge is 0.416 e. The van der Waals surface area contributed by atoms with Gasteiger partial charge >= 0.3 is 6.18 Å². The van der Waals surface area contributed by atoms with Gasteiger partial charge in [-0.25, -0.2) is 0 Å². The third kappa shape index (κ3) is 4.17. The Hall–Kier alpha value is -2.28. The largest absolute Gasteiger partial charge is 0.467 e. The molecule has 0 unspecified atom stereocenters. The van der Waals surface area contributed by atoms with Crippen LogP contribution in [0.2, 0.25) is 0 Å². The predicted octanol–water partition coefficient (Wildman–Crippen LogP) is 3.46. The number of hydrogen-bond acceptors (Lipinski definition) is 3. The number of nitrogens with one attached hydrogen (secondary N) is 1. The Morgan fingerprint density at radius 3 is 2.46 bits per heavy atom. The molecule has 0 spiro atoms. The van der Waals surface area contributed by atoms with E-state index >= 15 is 0 Å². The fraction of sp³-hybridized carbons (Fsp3) is 0.353. The third-order valence-electron chi connectivity index (χ3n) is 3.78. The number of amides is 1. The maximum absolute atomic E-state index is 12.8. The lowest BCUT2D eigenvalue weighted by molar-refractivity contribution is -0.137. The molecule has 2 rings (SSSR count). The predicted molar refractivity (Wildman–Crippen MR) is 83.4 cm³/mol. The Morgan fingerprint density at radius 1 is 1.21 bits per heavy atom. The van der Waals surface area contributed by atoms with Crippen LogP contribution in [0.3, 0.4) is 0 Å². The van der Waals surface area contributed by atoms with E-state index in [4.69, 9.17) is 10.2 Å². The lowest BCUT2D eigenvalue weighted by Crippen LogP contribution is -2.36. The zero-order valence-electron chi connectivity index (χ0n) is 13.4. The van der Waals surface area contributed by atoms with Gasteiger partial charge in [0, 0.05) is 12.0 Å². The van der Waals surface area contributed by atoms with Gasteiger partial charge < -0.3 is 15.5 Å². The molecule has 1 aromatic heterocycles. The summed E-state index contributed by atoms with van der Waals surface area (Å²) in [6, 6.07) is 6.65. The van der Waals surface area contributed by atoms with E-state index in [9.17, 15) is 18.0 Å². The number of nitrogens with two attached hydrogens (primary N) is 1. The van der Waals surface area contributed by atoms with Crippen molar-refractivity contribution in [1.82, 2.24) is 5.32 Å². The van der Waals surface area contributed by atoms with Crippen LogP contribution in [0.15, 0.2) is 41.0 Å². The van der Waals surface area contributed by atoms with Crippen molar-refractivity contribution in [2.75, 3.05) is 6.54 Å². The van der Waals surface area contributed by atoms with Gasteiger partial charge in [0.1, 0.15) is 12.0 Å². The van der Waals surface area contributed by atoms with E-state index in [1.54, 1.807) is 19.9 Å². The van der Waals surface area contributed by atoms with E-state index in [1.807, 2.05) is 0 Å². The molecule has 130 valence electrons. The van der Waals surface area contributed by atoms with Crippen LogP contribution in [0.25, 0.3) is 0 Å². The molecule has 0 aliphatic carbocycles. The minimum absolute atomic E-state index is 0.177. The molecule has 24 heavy (non-hydrogen) atoms. The first-order valence-electron chi connectivity index (χ1n) is 7.37. The van der Waals surface area contributed by atoms with Crippen LogP contribution in [0, 0.1) is 0 Å². The molecule has 0 aliphatic rings. The van der Waals surface area contributed by atoms with E-state index < -0.39 is 17.2 Å². The highest BCUT2D eigenvalue weighted by Gasteiger charge is 2.32. The Balaban J connectivity index is 2.09. The number of halogens is 3. The summed E-state index contributed by atoms with van der Waals surface area (Å²) in [4.78, 5) is 12.1. The number of hydrogen-bond donors (Lipinski definition) is 2. The summed E-state index contributed by atoms with van der Waals surface area (Å²) in [6.07, 6.45) is -3.10. The lowest BCUT2D eigenvalue weighted by atomic mass is 9.83. The molecule has 1 aromatic carbocycles. The molecule has 3 N–H and O–H groups in total. The first kappa shape index (κ1) is 18.1. The SMILES string of the molecule is CC(C)(CNC(=O)c1coc(CN)c1)c1cccc(C(F)(F)F)c1. The summed E-state index contributed by atoms with van der Waals surface area (Å²) < 4.78 is 43.6. The highest BCUT2D eigenvalue weighted by atomic mass is 19.4. The van der Waals surface area contributed by atoms with Gasteiger partial charge in [-0.05, 0) is 17.7 Å². The molecule has 2 aromatic rings. The van der Waals surface area contributed by atoms with E-state index in [0.717, 1.165) is 12.1 Å².